The maximum absolute atomic E-state index is 12.1. The summed E-state index contributed by atoms with van der Waals surface area (Å²) in [6, 6.07) is 13.0. The Hall–Kier alpha value is -2.41. The highest BCUT2D eigenvalue weighted by Crippen LogP contribution is 2.26. The number of anilines is 1. The Bertz CT molecular complexity index is 758. The van der Waals surface area contributed by atoms with Crippen LogP contribution in [0, 0.1) is 17.0 Å². The van der Waals surface area contributed by atoms with E-state index in [1.165, 1.54) is 25.1 Å². The molecule has 0 aromatic heterocycles. The summed E-state index contributed by atoms with van der Waals surface area (Å²) in [4.78, 5) is 10.3. The van der Waals surface area contributed by atoms with Crippen LogP contribution in [0.2, 0.25) is 0 Å². The number of nitro groups is 1. The second-order valence-corrected chi connectivity index (χ2v) is 6.28. The number of hydrogen-bond acceptors (Lipinski definition) is 4. The fourth-order valence-corrected chi connectivity index (χ4v) is 3.19. The van der Waals surface area contributed by atoms with Crippen LogP contribution in [0.25, 0.3) is 0 Å². The van der Waals surface area contributed by atoms with E-state index < -0.39 is 14.9 Å². The molecule has 0 atom stereocenters. The summed E-state index contributed by atoms with van der Waals surface area (Å²) in [6.07, 6.45) is 0. The highest BCUT2D eigenvalue weighted by molar-refractivity contribution is 7.91. The molecule has 0 amide bonds. The summed E-state index contributed by atoms with van der Waals surface area (Å²) in [6.45, 7) is 1.51. The van der Waals surface area contributed by atoms with Gasteiger partial charge >= 0.3 is 0 Å². The van der Waals surface area contributed by atoms with Crippen molar-refractivity contribution < 1.29 is 13.3 Å². The standard InChI is InChI=1S/C14H14N2O4S/c1-11-13(8-5-9-14(11)16(17)18)15-21(19,20)10-12-6-3-2-4-7-12/h2-9,15H,10H2,1H3. The van der Waals surface area contributed by atoms with E-state index in [0.717, 1.165) is 0 Å². The van der Waals surface area contributed by atoms with E-state index in [1.807, 2.05) is 0 Å². The Morgan fingerprint density at radius 1 is 1.10 bits per heavy atom. The smallest absolute Gasteiger partial charge is 0.274 e. The van der Waals surface area contributed by atoms with Gasteiger partial charge in [-0.3, -0.25) is 14.8 Å². The molecule has 0 aliphatic carbocycles. The number of hydrogen-bond donors (Lipinski definition) is 1. The van der Waals surface area contributed by atoms with E-state index in [4.69, 9.17) is 0 Å². The van der Waals surface area contributed by atoms with Gasteiger partial charge in [-0.25, -0.2) is 8.42 Å². The zero-order chi connectivity index (χ0) is 15.5. The molecule has 0 radical (unpaired) electrons. The summed E-state index contributed by atoms with van der Waals surface area (Å²) in [5.41, 5.74) is 1.04. The first-order valence-electron chi connectivity index (χ1n) is 6.17. The Balaban J connectivity index is 2.25. The molecule has 1 N–H and O–H groups in total. The largest absolute Gasteiger partial charge is 0.283 e. The van der Waals surface area contributed by atoms with E-state index in [2.05, 4.69) is 4.72 Å². The van der Waals surface area contributed by atoms with E-state index in [1.54, 1.807) is 30.3 Å². The van der Waals surface area contributed by atoms with Crippen LogP contribution < -0.4 is 4.72 Å². The van der Waals surface area contributed by atoms with Gasteiger partial charge in [0.2, 0.25) is 10.0 Å². The molecule has 0 fully saturated rings. The van der Waals surface area contributed by atoms with Crippen LogP contribution in [0.15, 0.2) is 48.5 Å². The zero-order valence-electron chi connectivity index (χ0n) is 11.3. The third kappa shape index (κ3) is 3.79. The van der Waals surface area contributed by atoms with Crippen LogP contribution in [0.1, 0.15) is 11.1 Å². The fourth-order valence-electron chi connectivity index (χ4n) is 1.93. The minimum absolute atomic E-state index is 0.116. The van der Waals surface area contributed by atoms with Crippen LogP contribution in [-0.4, -0.2) is 13.3 Å². The Morgan fingerprint density at radius 3 is 2.38 bits per heavy atom. The number of nitrogens with one attached hydrogen (secondary N) is 1. The maximum atomic E-state index is 12.1. The third-order valence-electron chi connectivity index (χ3n) is 2.97. The molecule has 0 spiro atoms. The second-order valence-electron chi connectivity index (χ2n) is 4.55. The average Bonchev–Trinajstić information content (AvgIpc) is 2.41. The van der Waals surface area contributed by atoms with Gasteiger partial charge in [0.15, 0.2) is 0 Å². The van der Waals surface area contributed by atoms with E-state index >= 15 is 0 Å². The Kier molecular flexibility index (Phi) is 4.23. The Morgan fingerprint density at radius 2 is 1.76 bits per heavy atom. The molecule has 0 saturated heterocycles. The van der Waals surface area contributed by atoms with Gasteiger partial charge in [0.1, 0.15) is 0 Å². The van der Waals surface area contributed by atoms with Gasteiger partial charge in [-0.1, -0.05) is 36.4 Å². The molecule has 0 heterocycles. The minimum atomic E-state index is -3.63. The monoisotopic (exact) mass is 306 g/mol. The van der Waals surface area contributed by atoms with E-state index in [-0.39, 0.29) is 17.1 Å². The van der Waals surface area contributed by atoms with Gasteiger partial charge < -0.3 is 0 Å². The lowest BCUT2D eigenvalue weighted by molar-refractivity contribution is -0.385. The molecular formula is C14H14N2O4S. The van der Waals surface area contributed by atoms with Crippen molar-refractivity contribution in [3.8, 4) is 0 Å². The second kappa shape index (κ2) is 5.92. The topological polar surface area (TPSA) is 89.3 Å². The zero-order valence-corrected chi connectivity index (χ0v) is 12.1. The highest BCUT2D eigenvalue weighted by atomic mass is 32.2. The molecule has 0 bridgehead atoms. The molecule has 0 aliphatic heterocycles. The lowest BCUT2D eigenvalue weighted by Crippen LogP contribution is -2.16. The van der Waals surface area contributed by atoms with Crippen molar-refractivity contribution in [3.63, 3.8) is 0 Å². The van der Waals surface area contributed by atoms with Gasteiger partial charge in [-0.05, 0) is 18.6 Å². The number of nitro benzene ring substituents is 1. The first kappa shape index (κ1) is 15.0. The van der Waals surface area contributed by atoms with Gasteiger partial charge in [0.05, 0.1) is 21.9 Å². The summed E-state index contributed by atoms with van der Waals surface area (Å²) in [7, 11) is -3.63. The molecule has 0 aliphatic rings. The normalized spacial score (nSPS) is 11.1. The Labute approximate surface area is 122 Å². The van der Waals surface area contributed by atoms with Crippen LogP contribution in [0.3, 0.4) is 0 Å². The predicted octanol–water partition coefficient (Wildman–Crippen LogP) is 2.85. The SMILES string of the molecule is Cc1c(NS(=O)(=O)Cc2ccccc2)cccc1[N+](=O)[O-]. The molecule has 2 aromatic rings. The van der Waals surface area contributed by atoms with Crippen LogP contribution in [-0.2, 0) is 15.8 Å². The highest BCUT2D eigenvalue weighted by Gasteiger charge is 2.17. The molecule has 2 aromatic carbocycles. The number of benzene rings is 2. The first-order valence-corrected chi connectivity index (χ1v) is 7.83. The molecule has 2 rings (SSSR count). The van der Waals surface area contributed by atoms with Crippen LogP contribution >= 0.6 is 0 Å². The maximum Gasteiger partial charge on any atom is 0.274 e. The van der Waals surface area contributed by atoms with E-state index in [0.29, 0.717) is 11.1 Å². The predicted molar refractivity (Wildman–Crippen MR) is 80.5 cm³/mol. The molecule has 0 unspecified atom stereocenters. The number of nitrogens with zero attached hydrogens (tertiary/aromatic N) is 1. The molecule has 7 heteroatoms. The summed E-state index contributed by atoms with van der Waals surface area (Å²) < 4.78 is 26.6. The van der Waals surface area contributed by atoms with Crippen molar-refractivity contribution in [1.82, 2.24) is 0 Å². The molecule has 21 heavy (non-hydrogen) atoms. The fraction of sp³-hybridized carbons (Fsp3) is 0.143. The number of sulfonamides is 1. The van der Waals surface area contributed by atoms with Crippen molar-refractivity contribution >= 4 is 21.4 Å². The lowest BCUT2D eigenvalue weighted by Gasteiger charge is -2.10. The average molecular weight is 306 g/mol. The molecule has 110 valence electrons. The first-order chi connectivity index (χ1) is 9.89. The summed E-state index contributed by atoms with van der Waals surface area (Å²) >= 11 is 0. The summed E-state index contributed by atoms with van der Waals surface area (Å²) in [5.74, 6) is -0.185. The minimum Gasteiger partial charge on any atom is -0.283 e. The third-order valence-corrected chi connectivity index (χ3v) is 4.21. The quantitative estimate of drug-likeness (QED) is 0.679. The van der Waals surface area contributed by atoms with Crippen molar-refractivity contribution in [2.75, 3.05) is 4.72 Å². The van der Waals surface area contributed by atoms with E-state index in [9.17, 15) is 18.5 Å². The molecule has 6 nitrogen and oxygen atoms in total. The van der Waals surface area contributed by atoms with Gasteiger partial charge in [-0.15, -0.1) is 0 Å². The molecule has 0 saturated carbocycles. The number of rotatable bonds is 5. The summed E-state index contributed by atoms with van der Waals surface area (Å²) in [5, 5.41) is 10.9. The van der Waals surface area contributed by atoms with Crippen molar-refractivity contribution in [2.24, 2.45) is 0 Å². The molecular weight excluding hydrogens is 292 g/mol. The lowest BCUT2D eigenvalue weighted by atomic mass is 10.2. The van der Waals surface area contributed by atoms with Gasteiger partial charge in [0, 0.05) is 6.07 Å². The van der Waals surface area contributed by atoms with Crippen molar-refractivity contribution in [2.45, 2.75) is 12.7 Å². The van der Waals surface area contributed by atoms with Gasteiger partial charge in [-0.2, -0.15) is 0 Å². The van der Waals surface area contributed by atoms with Crippen molar-refractivity contribution in [3.05, 3.63) is 69.8 Å². The van der Waals surface area contributed by atoms with Crippen LogP contribution in [0.5, 0.6) is 0 Å². The van der Waals surface area contributed by atoms with Crippen LogP contribution in [0.4, 0.5) is 11.4 Å². The van der Waals surface area contributed by atoms with Crippen molar-refractivity contribution in [1.29, 1.82) is 0 Å². The van der Waals surface area contributed by atoms with Gasteiger partial charge in [0.25, 0.3) is 5.69 Å².